The van der Waals surface area contributed by atoms with E-state index in [-0.39, 0.29) is 11.2 Å². The SMILES string of the molecule is CCOc1ccc2c(c1)SC(=c1c(=O)c3ccc(Br)c4cccc1c43)C2=O. The second kappa shape index (κ2) is 6.08. The molecule has 0 aliphatic carbocycles. The van der Waals surface area contributed by atoms with Crippen LogP contribution in [0.1, 0.15) is 17.3 Å². The minimum Gasteiger partial charge on any atom is -0.494 e. The number of halogens is 1. The van der Waals surface area contributed by atoms with Gasteiger partial charge in [0.05, 0.1) is 11.5 Å². The highest BCUT2D eigenvalue weighted by Crippen LogP contribution is 2.42. The van der Waals surface area contributed by atoms with Crippen molar-refractivity contribution in [2.75, 3.05) is 6.61 Å². The monoisotopic (exact) mass is 436 g/mol. The van der Waals surface area contributed by atoms with Gasteiger partial charge in [0.15, 0.2) is 5.43 Å². The Morgan fingerprint density at radius 3 is 2.63 bits per heavy atom. The van der Waals surface area contributed by atoms with Crippen LogP contribution in [0.25, 0.3) is 26.5 Å². The van der Waals surface area contributed by atoms with Crippen molar-refractivity contribution in [2.45, 2.75) is 11.8 Å². The van der Waals surface area contributed by atoms with Crippen LogP contribution < -0.4 is 15.4 Å². The molecule has 0 atom stereocenters. The molecule has 4 aromatic rings. The minimum atomic E-state index is -0.0923. The van der Waals surface area contributed by atoms with Gasteiger partial charge in [-0.05, 0) is 48.0 Å². The Labute approximate surface area is 167 Å². The molecule has 0 fully saturated rings. The molecule has 5 heteroatoms. The van der Waals surface area contributed by atoms with Crippen molar-refractivity contribution in [1.29, 1.82) is 0 Å². The van der Waals surface area contributed by atoms with E-state index in [4.69, 9.17) is 4.74 Å². The summed E-state index contributed by atoms with van der Waals surface area (Å²) < 4.78 is 6.49. The fourth-order valence-electron chi connectivity index (χ4n) is 3.73. The van der Waals surface area contributed by atoms with Crippen LogP contribution in [0.3, 0.4) is 0 Å². The highest BCUT2D eigenvalue weighted by atomic mass is 79.9. The van der Waals surface area contributed by atoms with Gasteiger partial charge in [0, 0.05) is 30.9 Å². The summed E-state index contributed by atoms with van der Waals surface area (Å²) in [6.45, 7) is 2.49. The molecule has 0 bridgehead atoms. The summed E-state index contributed by atoms with van der Waals surface area (Å²) in [7, 11) is 0. The molecule has 0 radical (unpaired) electrons. The smallest absolute Gasteiger partial charge is 0.201 e. The lowest BCUT2D eigenvalue weighted by Crippen LogP contribution is -2.23. The molecule has 27 heavy (non-hydrogen) atoms. The van der Waals surface area contributed by atoms with Crippen LogP contribution in [-0.4, -0.2) is 12.4 Å². The van der Waals surface area contributed by atoms with Gasteiger partial charge >= 0.3 is 0 Å². The first-order valence-corrected chi connectivity index (χ1v) is 10.2. The first kappa shape index (κ1) is 16.8. The zero-order valence-corrected chi connectivity index (χ0v) is 16.7. The normalized spacial score (nSPS) is 15.7. The first-order valence-electron chi connectivity index (χ1n) is 8.60. The van der Waals surface area contributed by atoms with Crippen LogP contribution in [0.15, 0.2) is 62.7 Å². The Balaban J connectivity index is 1.85. The highest BCUT2D eigenvalue weighted by molar-refractivity contribution is 9.10. The molecule has 5 rings (SSSR count). The number of hydrogen-bond donors (Lipinski definition) is 0. The summed E-state index contributed by atoms with van der Waals surface area (Å²) in [5.74, 6) is 0.639. The van der Waals surface area contributed by atoms with Crippen LogP contribution in [0.5, 0.6) is 5.75 Å². The third kappa shape index (κ3) is 2.35. The van der Waals surface area contributed by atoms with E-state index in [0.29, 0.717) is 27.7 Å². The lowest BCUT2D eigenvalue weighted by molar-refractivity contribution is 0.105. The largest absolute Gasteiger partial charge is 0.494 e. The molecule has 3 nitrogen and oxygen atoms in total. The van der Waals surface area contributed by atoms with Crippen LogP contribution in [0.4, 0.5) is 0 Å². The molecule has 1 heterocycles. The average molecular weight is 437 g/mol. The quantitative estimate of drug-likeness (QED) is 0.453. The molecule has 0 saturated carbocycles. The Bertz CT molecular complexity index is 1360. The number of carbonyl (C=O) groups excluding carboxylic acids is 1. The number of ether oxygens (including phenoxy) is 1. The van der Waals surface area contributed by atoms with Gasteiger partial charge in [0.25, 0.3) is 0 Å². The number of benzene rings is 3. The lowest BCUT2D eigenvalue weighted by Gasteiger charge is -2.03. The van der Waals surface area contributed by atoms with Crippen molar-refractivity contribution >= 4 is 59.9 Å². The Kier molecular flexibility index (Phi) is 3.78. The molecule has 0 aromatic heterocycles. The maximum absolute atomic E-state index is 13.2. The third-order valence-electron chi connectivity index (χ3n) is 4.88. The molecule has 0 unspecified atom stereocenters. The van der Waals surface area contributed by atoms with Gasteiger partial charge in [-0.25, -0.2) is 0 Å². The van der Waals surface area contributed by atoms with Gasteiger partial charge in [0.1, 0.15) is 5.75 Å². The fraction of sp³-hybridized carbons (Fsp3) is 0.0909. The zero-order chi connectivity index (χ0) is 18.7. The summed E-state index contributed by atoms with van der Waals surface area (Å²) >= 11 is 4.92. The van der Waals surface area contributed by atoms with E-state index >= 15 is 0 Å². The van der Waals surface area contributed by atoms with E-state index in [0.717, 1.165) is 31.3 Å². The van der Waals surface area contributed by atoms with E-state index in [1.165, 1.54) is 11.8 Å². The summed E-state index contributed by atoms with van der Waals surface area (Å²) in [6, 6.07) is 15.0. The van der Waals surface area contributed by atoms with Crippen molar-refractivity contribution in [1.82, 2.24) is 0 Å². The number of ketones is 1. The molecule has 0 N–H and O–H groups in total. The van der Waals surface area contributed by atoms with Crippen LogP contribution >= 0.6 is 27.7 Å². The summed E-state index contributed by atoms with van der Waals surface area (Å²) in [5.41, 5.74) is 0.547. The molecule has 4 aromatic carbocycles. The summed E-state index contributed by atoms with van der Waals surface area (Å²) in [4.78, 5) is 27.6. The van der Waals surface area contributed by atoms with Gasteiger partial charge in [0.2, 0.25) is 5.78 Å². The highest BCUT2D eigenvalue weighted by Gasteiger charge is 2.29. The van der Waals surface area contributed by atoms with Crippen molar-refractivity contribution in [3.8, 4) is 5.75 Å². The minimum absolute atomic E-state index is 0.0811. The van der Waals surface area contributed by atoms with E-state index < -0.39 is 0 Å². The second-order valence-corrected chi connectivity index (χ2v) is 8.29. The van der Waals surface area contributed by atoms with E-state index in [9.17, 15) is 9.59 Å². The number of hydrogen-bond acceptors (Lipinski definition) is 4. The Morgan fingerprint density at radius 2 is 1.81 bits per heavy atom. The van der Waals surface area contributed by atoms with Crippen LogP contribution in [0, 0.1) is 0 Å². The number of carbonyl (C=O) groups is 1. The number of fused-ring (bicyclic) bond motifs is 1. The van der Waals surface area contributed by atoms with Gasteiger partial charge < -0.3 is 4.74 Å². The Morgan fingerprint density at radius 1 is 1.00 bits per heavy atom. The fourth-order valence-corrected chi connectivity index (χ4v) is 5.36. The van der Waals surface area contributed by atoms with Crippen LogP contribution in [-0.2, 0) is 0 Å². The van der Waals surface area contributed by atoms with E-state index in [1.807, 2.05) is 43.3 Å². The van der Waals surface area contributed by atoms with E-state index in [2.05, 4.69) is 15.9 Å². The standard InChI is InChI=1S/C22H13BrO3S/c1-2-26-11-6-7-13-17(10-11)27-22(21(13)25)19-14-5-3-4-12-16(23)9-8-15(18(12)14)20(19)24/h3-10H,2H2,1H3. The maximum Gasteiger partial charge on any atom is 0.201 e. The van der Waals surface area contributed by atoms with Gasteiger partial charge in [-0.1, -0.05) is 45.9 Å². The summed E-state index contributed by atoms with van der Waals surface area (Å²) in [6.07, 6.45) is 0. The summed E-state index contributed by atoms with van der Waals surface area (Å²) in [5, 5.41) is 3.91. The molecule has 0 saturated heterocycles. The topological polar surface area (TPSA) is 43.4 Å². The predicted molar refractivity (Wildman–Crippen MR) is 113 cm³/mol. The van der Waals surface area contributed by atoms with Crippen molar-refractivity contribution in [3.05, 3.63) is 74.0 Å². The molecule has 0 spiro atoms. The average Bonchev–Trinajstić information content (AvgIpc) is 3.13. The van der Waals surface area contributed by atoms with Gasteiger partial charge in [-0.15, -0.1) is 0 Å². The molecule has 0 amide bonds. The van der Waals surface area contributed by atoms with Crippen molar-refractivity contribution < 1.29 is 9.53 Å². The maximum atomic E-state index is 13.2. The molecule has 132 valence electrons. The molecule has 1 aliphatic rings. The van der Waals surface area contributed by atoms with Gasteiger partial charge in [-0.3, -0.25) is 9.59 Å². The number of rotatable bonds is 2. The second-order valence-electron chi connectivity index (χ2n) is 6.38. The lowest BCUT2D eigenvalue weighted by atomic mass is 10.1. The van der Waals surface area contributed by atoms with Crippen molar-refractivity contribution in [3.63, 3.8) is 0 Å². The Hall–Kier alpha value is -2.37. The van der Waals surface area contributed by atoms with E-state index in [1.54, 1.807) is 12.1 Å². The molecular formula is C22H13BrO3S. The third-order valence-corrected chi connectivity index (χ3v) is 6.73. The molecular weight excluding hydrogens is 424 g/mol. The predicted octanol–water partition coefficient (Wildman–Crippen LogP) is 4.77. The van der Waals surface area contributed by atoms with Crippen molar-refractivity contribution in [2.24, 2.45) is 0 Å². The number of Topliss-reactive ketones (excluding diaryl/α,β-unsaturated/α-hetero) is 1. The number of thioether (sulfide) groups is 1. The zero-order valence-electron chi connectivity index (χ0n) is 14.3. The first-order chi connectivity index (χ1) is 13.1. The van der Waals surface area contributed by atoms with Crippen LogP contribution in [0.2, 0.25) is 0 Å². The molecule has 1 aliphatic heterocycles. The van der Waals surface area contributed by atoms with Gasteiger partial charge in [-0.2, -0.15) is 0 Å².